The second-order valence-electron chi connectivity index (χ2n) is 5.69. The number of carbonyl (C=O) groups is 2. The van der Waals surface area contributed by atoms with E-state index in [1.165, 1.54) is 12.1 Å². The molecule has 0 radical (unpaired) electrons. The Kier molecular flexibility index (Phi) is 6.75. The first kappa shape index (κ1) is 19.9. The lowest BCUT2D eigenvalue weighted by Gasteiger charge is -2.22. The summed E-state index contributed by atoms with van der Waals surface area (Å²) >= 11 is 1.78. The zero-order chi connectivity index (χ0) is 18.5. The Morgan fingerprint density at radius 3 is 2.54 bits per heavy atom. The quantitative estimate of drug-likeness (QED) is 0.386. The lowest BCUT2D eigenvalue weighted by Crippen LogP contribution is -2.46. The van der Waals surface area contributed by atoms with Gasteiger partial charge >= 0.3 is 17.7 Å². The number of nitrogens with zero attached hydrogens (tertiary/aromatic N) is 1. The lowest BCUT2D eigenvalue weighted by molar-refractivity contribution is -0.386. The van der Waals surface area contributed by atoms with Crippen LogP contribution in [0.3, 0.4) is 0 Å². The summed E-state index contributed by atoms with van der Waals surface area (Å²) < 4.78 is 10.6. The smallest absolute Gasteiger partial charge is 0.408 e. The summed E-state index contributed by atoms with van der Waals surface area (Å²) in [6, 6.07) is 3.00. The number of alkyl carbamates (subject to hydrolysis) is 1. The van der Waals surface area contributed by atoms with Gasteiger partial charge in [0.15, 0.2) is 11.8 Å². The largest absolute Gasteiger partial charge is 0.484 e. The maximum Gasteiger partial charge on any atom is 0.408 e. The van der Waals surface area contributed by atoms with Crippen molar-refractivity contribution in [2.45, 2.75) is 32.4 Å². The number of rotatable bonds is 6. The SMILES string of the molecule is CC(C)(C)OC(=O)N[C@@H](COc1cccc(I)c1[N+](=O)[O-])C(=O)O. The summed E-state index contributed by atoms with van der Waals surface area (Å²) in [6.07, 6.45) is -0.921. The molecule has 9 nitrogen and oxygen atoms in total. The summed E-state index contributed by atoms with van der Waals surface area (Å²) in [6.45, 7) is 4.41. The first-order valence-electron chi connectivity index (χ1n) is 6.79. The van der Waals surface area contributed by atoms with E-state index in [1.807, 2.05) is 0 Å². The maximum atomic E-state index is 11.7. The van der Waals surface area contributed by atoms with E-state index in [4.69, 9.17) is 14.6 Å². The maximum absolute atomic E-state index is 11.7. The molecule has 0 heterocycles. The van der Waals surface area contributed by atoms with Gasteiger partial charge in [0.25, 0.3) is 0 Å². The number of carboxylic acids is 1. The summed E-state index contributed by atoms with van der Waals surface area (Å²) in [5.41, 5.74) is -1.05. The standard InChI is InChI=1S/C14H17IN2O7/c1-14(2,3)24-13(20)16-9(12(18)19)7-23-10-6-4-5-8(15)11(10)17(21)22/h4-6,9H,7H2,1-3H3,(H,16,20)(H,18,19)/t9-/m0/s1. The topological polar surface area (TPSA) is 128 Å². The number of ether oxygens (including phenoxy) is 2. The molecule has 1 aromatic rings. The Morgan fingerprint density at radius 1 is 1.42 bits per heavy atom. The molecule has 0 unspecified atom stereocenters. The number of halogens is 1. The minimum atomic E-state index is -1.42. The Labute approximate surface area is 151 Å². The molecule has 1 amide bonds. The number of amides is 1. The van der Waals surface area contributed by atoms with E-state index in [9.17, 15) is 19.7 Å². The Balaban J connectivity index is 2.82. The minimum Gasteiger partial charge on any atom is -0.484 e. The Morgan fingerprint density at radius 2 is 2.04 bits per heavy atom. The minimum absolute atomic E-state index is 0.0795. The average molecular weight is 452 g/mol. The molecule has 0 bridgehead atoms. The van der Waals surface area contributed by atoms with Crippen LogP contribution in [0.2, 0.25) is 0 Å². The van der Waals surface area contributed by atoms with Gasteiger partial charge in [0.05, 0.1) is 8.49 Å². The fourth-order valence-corrected chi connectivity index (χ4v) is 2.26. The van der Waals surface area contributed by atoms with Crippen LogP contribution in [0.1, 0.15) is 20.8 Å². The van der Waals surface area contributed by atoms with Gasteiger partial charge in [0.1, 0.15) is 12.2 Å². The van der Waals surface area contributed by atoms with Crippen LogP contribution < -0.4 is 10.1 Å². The molecule has 0 fully saturated rings. The van der Waals surface area contributed by atoms with Crippen LogP contribution in [0.25, 0.3) is 0 Å². The van der Waals surface area contributed by atoms with E-state index >= 15 is 0 Å². The van der Waals surface area contributed by atoms with Crippen molar-refractivity contribution in [2.24, 2.45) is 0 Å². The van der Waals surface area contributed by atoms with Crippen molar-refractivity contribution in [2.75, 3.05) is 6.61 Å². The highest BCUT2D eigenvalue weighted by atomic mass is 127. The molecule has 1 aromatic carbocycles. The second kappa shape index (κ2) is 8.13. The van der Waals surface area contributed by atoms with Crippen LogP contribution in [0.5, 0.6) is 5.75 Å². The number of nitro groups is 1. The molecule has 0 aliphatic heterocycles. The van der Waals surface area contributed by atoms with Crippen molar-refractivity contribution in [3.63, 3.8) is 0 Å². The predicted molar refractivity (Wildman–Crippen MR) is 92.1 cm³/mol. The summed E-state index contributed by atoms with van der Waals surface area (Å²) in [5, 5.41) is 22.4. The second-order valence-corrected chi connectivity index (χ2v) is 6.85. The summed E-state index contributed by atoms with van der Waals surface area (Å²) in [7, 11) is 0. The monoisotopic (exact) mass is 452 g/mol. The molecular weight excluding hydrogens is 435 g/mol. The number of hydrogen-bond acceptors (Lipinski definition) is 6. The van der Waals surface area contributed by atoms with Gasteiger partial charge in [-0.25, -0.2) is 9.59 Å². The van der Waals surface area contributed by atoms with Crippen molar-refractivity contribution < 1.29 is 29.1 Å². The molecule has 1 rings (SSSR count). The zero-order valence-electron chi connectivity index (χ0n) is 13.2. The van der Waals surface area contributed by atoms with Gasteiger partial charge in [-0.05, 0) is 55.5 Å². The van der Waals surface area contributed by atoms with Gasteiger partial charge < -0.3 is 19.9 Å². The third-order valence-corrected chi connectivity index (χ3v) is 3.40. The highest BCUT2D eigenvalue weighted by Crippen LogP contribution is 2.31. The van der Waals surface area contributed by atoms with Gasteiger partial charge in [0, 0.05) is 0 Å². The summed E-state index contributed by atoms with van der Waals surface area (Å²) in [5.74, 6) is -1.43. The Hall–Kier alpha value is -2.11. The normalized spacial score (nSPS) is 12.2. The number of nitro benzene ring substituents is 1. The van der Waals surface area contributed by atoms with Crippen molar-refractivity contribution in [3.8, 4) is 5.75 Å². The third kappa shape index (κ3) is 6.18. The molecule has 2 N–H and O–H groups in total. The number of aliphatic carboxylic acids is 1. The fourth-order valence-electron chi connectivity index (χ4n) is 1.59. The van der Waals surface area contributed by atoms with Crippen molar-refractivity contribution in [1.82, 2.24) is 5.32 Å². The highest BCUT2D eigenvalue weighted by molar-refractivity contribution is 14.1. The molecule has 0 aliphatic carbocycles. The molecule has 1 atom stereocenters. The molecule has 0 saturated carbocycles. The molecule has 0 spiro atoms. The van der Waals surface area contributed by atoms with E-state index in [-0.39, 0.29) is 11.4 Å². The van der Waals surface area contributed by atoms with Crippen molar-refractivity contribution in [3.05, 3.63) is 31.9 Å². The van der Waals surface area contributed by atoms with E-state index in [2.05, 4.69) is 5.32 Å². The lowest BCUT2D eigenvalue weighted by atomic mass is 10.2. The van der Waals surface area contributed by atoms with Crippen LogP contribution in [-0.2, 0) is 9.53 Å². The first-order valence-corrected chi connectivity index (χ1v) is 7.87. The fraction of sp³-hybridized carbons (Fsp3) is 0.429. The van der Waals surface area contributed by atoms with Crippen LogP contribution in [0, 0.1) is 13.7 Å². The predicted octanol–water partition coefficient (Wildman–Crippen LogP) is 2.56. The third-order valence-electron chi connectivity index (χ3n) is 2.53. The van der Waals surface area contributed by atoms with Crippen LogP contribution >= 0.6 is 22.6 Å². The summed E-state index contributed by atoms with van der Waals surface area (Å²) in [4.78, 5) is 33.3. The van der Waals surface area contributed by atoms with Crippen LogP contribution in [0.4, 0.5) is 10.5 Å². The molecule has 10 heteroatoms. The molecule has 24 heavy (non-hydrogen) atoms. The van der Waals surface area contributed by atoms with E-state index in [1.54, 1.807) is 49.4 Å². The highest BCUT2D eigenvalue weighted by Gasteiger charge is 2.26. The number of carboxylic acid groups (broad SMARTS) is 1. The first-order chi connectivity index (χ1) is 11.0. The molecule has 0 aromatic heterocycles. The van der Waals surface area contributed by atoms with Gasteiger partial charge in [-0.3, -0.25) is 10.1 Å². The number of benzene rings is 1. The van der Waals surface area contributed by atoms with E-state index in [0.29, 0.717) is 3.57 Å². The van der Waals surface area contributed by atoms with Gasteiger partial charge in [-0.1, -0.05) is 6.07 Å². The number of carbonyl (C=O) groups excluding carboxylic acids is 1. The zero-order valence-corrected chi connectivity index (χ0v) is 15.4. The number of para-hydroxylation sites is 1. The molecule has 0 aliphatic rings. The van der Waals surface area contributed by atoms with E-state index in [0.717, 1.165) is 0 Å². The molecular formula is C14H17IN2O7. The van der Waals surface area contributed by atoms with E-state index < -0.39 is 35.2 Å². The van der Waals surface area contributed by atoms with Crippen molar-refractivity contribution >= 4 is 40.3 Å². The van der Waals surface area contributed by atoms with Crippen LogP contribution in [0.15, 0.2) is 18.2 Å². The Bertz CT molecular complexity index is 643. The average Bonchev–Trinajstić information content (AvgIpc) is 2.40. The van der Waals surface area contributed by atoms with Gasteiger partial charge in [-0.15, -0.1) is 0 Å². The van der Waals surface area contributed by atoms with Crippen molar-refractivity contribution in [1.29, 1.82) is 0 Å². The molecule has 0 saturated heterocycles. The van der Waals surface area contributed by atoms with Gasteiger partial charge in [-0.2, -0.15) is 0 Å². The number of nitrogens with one attached hydrogen (secondary N) is 1. The molecule has 132 valence electrons. The van der Waals surface area contributed by atoms with Gasteiger partial charge in [0.2, 0.25) is 0 Å². The van der Waals surface area contributed by atoms with Crippen LogP contribution in [-0.4, -0.2) is 40.3 Å². The number of hydrogen-bond donors (Lipinski definition) is 2.